The van der Waals surface area contributed by atoms with Crippen molar-refractivity contribution in [2.24, 2.45) is 0 Å². The van der Waals surface area contributed by atoms with E-state index >= 15 is 0 Å². The molecule has 0 radical (unpaired) electrons. The van der Waals surface area contributed by atoms with E-state index in [0.29, 0.717) is 23.4 Å². The Morgan fingerprint density at radius 2 is 1.87 bits per heavy atom. The Morgan fingerprint density at radius 3 is 2.70 bits per heavy atom. The predicted molar refractivity (Wildman–Crippen MR) is 93.2 cm³/mol. The van der Waals surface area contributed by atoms with Gasteiger partial charge in [-0.2, -0.15) is 0 Å². The SMILES string of the molecule is OC(CNC1CCc2ccccc2C1)COc1ccccc1Cl. The summed E-state index contributed by atoms with van der Waals surface area (Å²) in [5.41, 5.74) is 2.87. The maximum Gasteiger partial charge on any atom is 0.138 e. The van der Waals surface area contributed by atoms with E-state index in [4.69, 9.17) is 16.3 Å². The van der Waals surface area contributed by atoms with E-state index in [0.717, 1.165) is 19.3 Å². The largest absolute Gasteiger partial charge is 0.489 e. The van der Waals surface area contributed by atoms with E-state index in [1.807, 2.05) is 12.1 Å². The number of nitrogens with one attached hydrogen (secondary N) is 1. The first-order valence-corrected chi connectivity index (χ1v) is 8.45. The van der Waals surface area contributed by atoms with Crippen LogP contribution in [0.5, 0.6) is 5.75 Å². The average Bonchev–Trinajstić information content (AvgIpc) is 2.59. The molecule has 0 heterocycles. The molecular weight excluding hydrogens is 310 g/mol. The van der Waals surface area contributed by atoms with Gasteiger partial charge in [0.2, 0.25) is 0 Å². The number of fused-ring (bicyclic) bond motifs is 1. The second-order valence-corrected chi connectivity index (χ2v) is 6.42. The lowest BCUT2D eigenvalue weighted by Crippen LogP contribution is -2.40. The van der Waals surface area contributed by atoms with Crippen LogP contribution in [0.2, 0.25) is 5.02 Å². The number of hydrogen-bond donors (Lipinski definition) is 2. The smallest absolute Gasteiger partial charge is 0.138 e. The molecule has 3 rings (SSSR count). The molecule has 0 amide bonds. The highest BCUT2D eigenvalue weighted by Gasteiger charge is 2.18. The van der Waals surface area contributed by atoms with Crippen molar-refractivity contribution in [2.45, 2.75) is 31.4 Å². The van der Waals surface area contributed by atoms with E-state index in [1.54, 1.807) is 12.1 Å². The van der Waals surface area contributed by atoms with Gasteiger partial charge in [0.05, 0.1) is 5.02 Å². The molecule has 1 aliphatic rings. The van der Waals surface area contributed by atoms with Gasteiger partial charge in [-0.3, -0.25) is 0 Å². The van der Waals surface area contributed by atoms with Gasteiger partial charge in [0, 0.05) is 12.6 Å². The molecule has 2 aromatic carbocycles. The van der Waals surface area contributed by atoms with Gasteiger partial charge < -0.3 is 15.2 Å². The fraction of sp³-hybridized carbons (Fsp3) is 0.368. The number of aliphatic hydroxyl groups is 1. The van der Waals surface area contributed by atoms with E-state index in [9.17, 15) is 5.11 Å². The monoisotopic (exact) mass is 331 g/mol. The summed E-state index contributed by atoms with van der Waals surface area (Å²) in [6, 6.07) is 16.3. The summed E-state index contributed by atoms with van der Waals surface area (Å²) in [4.78, 5) is 0. The lowest BCUT2D eigenvalue weighted by Gasteiger charge is -2.26. The summed E-state index contributed by atoms with van der Waals surface area (Å²) >= 11 is 6.03. The zero-order chi connectivity index (χ0) is 16.1. The van der Waals surface area contributed by atoms with Crippen LogP contribution in [0.1, 0.15) is 17.5 Å². The molecule has 0 spiro atoms. The van der Waals surface area contributed by atoms with Crippen LogP contribution in [0, 0.1) is 0 Å². The molecule has 4 heteroatoms. The minimum atomic E-state index is -0.552. The quantitative estimate of drug-likeness (QED) is 0.854. The third-order valence-electron chi connectivity index (χ3n) is 4.26. The topological polar surface area (TPSA) is 41.5 Å². The summed E-state index contributed by atoms with van der Waals surface area (Å²) < 4.78 is 5.57. The Hall–Kier alpha value is -1.55. The number of benzene rings is 2. The molecule has 2 unspecified atom stereocenters. The molecule has 1 aliphatic carbocycles. The number of aliphatic hydroxyl groups excluding tert-OH is 1. The zero-order valence-corrected chi connectivity index (χ0v) is 13.8. The number of rotatable bonds is 6. The average molecular weight is 332 g/mol. The standard InChI is InChI=1S/C19H22ClNO2/c20-18-7-3-4-8-19(18)23-13-17(22)12-21-16-10-9-14-5-1-2-6-15(14)11-16/h1-8,16-17,21-22H,9-13H2. The van der Waals surface area contributed by atoms with Crippen molar-refractivity contribution in [3.8, 4) is 5.75 Å². The molecule has 2 N–H and O–H groups in total. The van der Waals surface area contributed by atoms with Crippen LogP contribution in [0.15, 0.2) is 48.5 Å². The summed E-state index contributed by atoms with van der Waals surface area (Å²) in [7, 11) is 0. The third-order valence-corrected chi connectivity index (χ3v) is 4.57. The fourth-order valence-electron chi connectivity index (χ4n) is 2.98. The highest BCUT2D eigenvalue weighted by Crippen LogP contribution is 2.23. The minimum Gasteiger partial charge on any atom is -0.489 e. The van der Waals surface area contributed by atoms with Crippen LogP contribution in [-0.4, -0.2) is 30.4 Å². The molecule has 2 aromatic rings. The molecule has 23 heavy (non-hydrogen) atoms. The van der Waals surface area contributed by atoms with E-state index in [2.05, 4.69) is 29.6 Å². The third kappa shape index (κ3) is 4.47. The van der Waals surface area contributed by atoms with Crippen LogP contribution >= 0.6 is 11.6 Å². The first-order chi connectivity index (χ1) is 11.2. The van der Waals surface area contributed by atoms with Gasteiger partial charge in [0.15, 0.2) is 0 Å². The van der Waals surface area contributed by atoms with Crippen LogP contribution in [0.4, 0.5) is 0 Å². The van der Waals surface area contributed by atoms with Crippen molar-refractivity contribution < 1.29 is 9.84 Å². The highest BCUT2D eigenvalue weighted by atomic mass is 35.5. The zero-order valence-electron chi connectivity index (χ0n) is 13.0. The first kappa shape index (κ1) is 16.3. The molecule has 0 saturated heterocycles. The van der Waals surface area contributed by atoms with Gasteiger partial charge in [-0.25, -0.2) is 0 Å². The molecule has 0 bridgehead atoms. The van der Waals surface area contributed by atoms with Crippen molar-refractivity contribution in [1.29, 1.82) is 0 Å². The maximum absolute atomic E-state index is 10.1. The predicted octanol–water partition coefficient (Wildman–Crippen LogP) is 3.23. The lowest BCUT2D eigenvalue weighted by atomic mass is 9.88. The normalized spacial score (nSPS) is 18.3. The van der Waals surface area contributed by atoms with Crippen LogP contribution < -0.4 is 10.1 Å². The van der Waals surface area contributed by atoms with Gasteiger partial charge in [-0.1, -0.05) is 48.0 Å². The second-order valence-electron chi connectivity index (χ2n) is 6.01. The van der Waals surface area contributed by atoms with E-state index in [-0.39, 0.29) is 6.61 Å². The number of aryl methyl sites for hydroxylation is 1. The van der Waals surface area contributed by atoms with Crippen LogP contribution in [-0.2, 0) is 12.8 Å². The number of para-hydroxylation sites is 1. The van der Waals surface area contributed by atoms with Gasteiger partial charge in [-0.05, 0) is 42.5 Å². The number of ether oxygens (including phenoxy) is 1. The van der Waals surface area contributed by atoms with Crippen LogP contribution in [0.25, 0.3) is 0 Å². The number of halogens is 1. The van der Waals surface area contributed by atoms with Crippen molar-refractivity contribution in [2.75, 3.05) is 13.2 Å². The van der Waals surface area contributed by atoms with Crippen molar-refractivity contribution in [1.82, 2.24) is 5.32 Å². The van der Waals surface area contributed by atoms with E-state index < -0.39 is 6.10 Å². The fourth-order valence-corrected chi connectivity index (χ4v) is 3.17. The van der Waals surface area contributed by atoms with E-state index in [1.165, 1.54) is 11.1 Å². The molecule has 0 saturated carbocycles. The Kier molecular flexibility index (Phi) is 5.55. The Bertz CT molecular complexity index is 647. The van der Waals surface area contributed by atoms with Gasteiger partial charge in [0.25, 0.3) is 0 Å². The number of hydrogen-bond acceptors (Lipinski definition) is 3. The van der Waals surface area contributed by atoms with Crippen molar-refractivity contribution >= 4 is 11.6 Å². The van der Waals surface area contributed by atoms with Crippen molar-refractivity contribution in [3.63, 3.8) is 0 Å². The molecule has 122 valence electrons. The lowest BCUT2D eigenvalue weighted by molar-refractivity contribution is 0.103. The van der Waals surface area contributed by atoms with Gasteiger partial charge in [-0.15, -0.1) is 0 Å². The van der Waals surface area contributed by atoms with Gasteiger partial charge in [0.1, 0.15) is 18.5 Å². The summed E-state index contributed by atoms with van der Waals surface area (Å²) in [5, 5.41) is 14.1. The molecule has 0 fully saturated rings. The summed E-state index contributed by atoms with van der Waals surface area (Å²) in [6.45, 7) is 0.761. The molecule has 0 aromatic heterocycles. The minimum absolute atomic E-state index is 0.236. The first-order valence-electron chi connectivity index (χ1n) is 8.08. The second kappa shape index (κ2) is 7.82. The van der Waals surface area contributed by atoms with Gasteiger partial charge >= 0.3 is 0 Å². The molecule has 2 atom stereocenters. The molecular formula is C19H22ClNO2. The highest BCUT2D eigenvalue weighted by molar-refractivity contribution is 6.32. The summed E-state index contributed by atoms with van der Waals surface area (Å²) in [5.74, 6) is 0.611. The van der Waals surface area contributed by atoms with Crippen molar-refractivity contribution in [3.05, 3.63) is 64.7 Å². The molecule has 3 nitrogen and oxygen atoms in total. The summed E-state index contributed by atoms with van der Waals surface area (Å²) in [6.07, 6.45) is 2.67. The Balaban J connectivity index is 1.43. The Labute approximate surface area is 142 Å². The van der Waals surface area contributed by atoms with Crippen LogP contribution in [0.3, 0.4) is 0 Å². The Morgan fingerprint density at radius 1 is 1.13 bits per heavy atom. The molecule has 0 aliphatic heterocycles. The maximum atomic E-state index is 10.1.